The zero-order chi connectivity index (χ0) is 17.8. The topological polar surface area (TPSA) is 89.8 Å². The van der Waals surface area contributed by atoms with E-state index in [1.54, 1.807) is 12.1 Å². The van der Waals surface area contributed by atoms with Crippen molar-refractivity contribution >= 4 is 39.5 Å². The number of ether oxygens (including phenoxy) is 1. The first-order chi connectivity index (χ1) is 12.0. The molecule has 7 nitrogen and oxygen atoms in total. The average molecular weight is 377 g/mol. The largest absolute Gasteiger partial charge is 0.459 e. The minimum Gasteiger partial charge on any atom is -0.459 e. The van der Waals surface area contributed by atoms with Crippen LogP contribution < -0.4 is 10.9 Å². The lowest BCUT2D eigenvalue weighted by Gasteiger charge is -2.06. The number of aromatic nitrogens is 2. The standard InChI is InChI=1S/C16H15N3O4S2/c1-10-9-25-16-18-11(7-13(20)19(10)16)8-23-14(21)4-5-17-15(22)12-3-2-6-24-12/h2-3,6-7,9H,4-5,8H2,1H3,(H,17,22). The molecule has 0 saturated carbocycles. The summed E-state index contributed by atoms with van der Waals surface area (Å²) in [5.41, 5.74) is 1.03. The molecule has 3 heterocycles. The van der Waals surface area contributed by atoms with Crippen LogP contribution >= 0.6 is 22.7 Å². The van der Waals surface area contributed by atoms with Crippen molar-refractivity contribution in [2.75, 3.05) is 6.54 Å². The highest BCUT2D eigenvalue weighted by Gasteiger charge is 2.10. The van der Waals surface area contributed by atoms with Crippen molar-refractivity contribution in [3.05, 3.63) is 55.6 Å². The van der Waals surface area contributed by atoms with Crippen LogP contribution in [0, 0.1) is 6.92 Å². The molecule has 25 heavy (non-hydrogen) atoms. The molecule has 0 saturated heterocycles. The molecular weight excluding hydrogens is 362 g/mol. The van der Waals surface area contributed by atoms with Gasteiger partial charge in [-0.3, -0.25) is 18.8 Å². The fraction of sp³-hybridized carbons (Fsp3) is 0.250. The van der Waals surface area contributed by atoms with Crippen LogP contribution in [0.1, 0.15) is 27.5 Å². The van der Waals surface area contributed by atoms with Crippen molar-refractivity contribution in [3.8, 4) is 0 Å². The van der Waals surface area contributed by atoms with E-state index >= 15 is 0 Å². The number of amides is 1. The van der Waals surface area contributed by atoms with Crippen LogP contribution in [0.25, 0.3) is 4.96 Å². The van der Waals surface area contributed by atoms with Crippen molar-refractivity contribution in [2.24, 2.45) is 0 Å². The van der Waals surface area contributed by atoms with Crippen LogP contribution in [0.2, 0.25) is 0 Å². The van der Waals surface area contributed by atoms with Gasteiger partial charge in [0.05, 0.1) is 17.0 Å². The number of thiophene rings is 1. The molecule has 1 N–H and O–H groups in total. The second-order valence-electron chi connectivity index (χ2n) is 5.22. The van der Waals surface area contributed by atoms with Crippen molar-refractivity contribution in [2.45, 2.75) is 20.0 Å². The number of aryl methyl sites for hydroxylation is 1. The van der Waals surface area contributed by atoms with Gasteiger partial charge in [-0.2, -0.15) is 0 Å². The predicted molar refractivity (Wildman–Crippen MR) is 95.1 cm³/mol. The summed E-state index contributed by atoms with van der Waals surface area (Å²) in [7, 11) is 0. The maximum atomic E-state index is 12.0. The Kier molecular flexibility index (Phi) is 5.25. The van der Waals surface area contributed by atoms with Crippen LogP contribution in [-0.4, -0.2) is 27.8 Å². The molecule has 0 spiro atoms. The van der Waals surface area contributed by atoms with E-state index in [4.69, 9.17) is 4.74 Å². The third kappa shape index (κ3) is 4.12. The van der Waals surface area contributed by atoms with Gasteiger partial charge >= 0.3 is 5.97 Å². The number of thiazole rings is 1. The molecular formula is C16H15N3O4S2. The molecule has 0 aliphatic rings. The molecule has 3 rings (SSSR count). The van der Waals surface area contributed by atoms with Crippen molar-refractivity contribution in [1.82, 2.24) is 14.7 Å². The quantitative estimate of drug-likeness (QED) is 0.664. The number of hydrogen-bond donors (Lipinski definition) is 1. The fourth-order valence-corrected chi connectivity index (χ4v) is 3.71. The Morgan fingerprint density at radius 2 is 2.20 bits per heavy atom. The lowest BCUT2D eigenvalue weighted by atomic mass is 10.4. The van der Waals surface area contributed by atoms with Crippen molar-refractivity contribution in [1.29, 1.82) is 0 Å². The molecule has 0 unspecified atom stereocenters. The van der Waals surface area contributed by atoms with Crippen LogP contribution in [0.3, 0.4) is 0 Å². The molecule has 0 fully saturated rings. The highest BCUT2D eigenvalue weighted by atomic mass is 32.1. The third-order valence-electron chi connectivity index (χ3n) is 3.37. The Morgan fingerprint density at radius 1 is 1.36 bits per heavy atom. The van der Waals surface area contributed by atoms with Gasteiger partial charge in [-0.05, 0) is 18.4 Å². The smallest absolute Gasteiger partial charge is 0.307 e. The minimum atomic E-state index is -0.462. The first-order valence-corrected chi connectivity index (χ1v) is 9.24. The van der Waals surface area contributed by atoms with E-state index < -0.39 is 5.97 Å². The number of fused-ring (bicyclic) bond motifs is 1. The highest BCUT2D eigenvalue weighted by Crippen LogP contribution is 2.12. The SMILES string of the molecule is Cc1csc2nc(COC(=O)CCNC(=O)c3cccs3)cc(=O)n12. The fourth-order valence-electron chi connectivity index (χ4n) is 2.17. The maximum Gasteiger partial charge on any atom is 0.307 e. The Bertz CT molecular complexity index is 960. The Labute approximate surface area is 150 Å². The summed E-state index contributed by atoms with van der Waals surface area (Å²) in [4.78, 5) is 41.0. The van der Waals surface area contributed by atoms with E-state index in [-0.39, 0.29) is 31.0 Å². The molecule has 130 valence electrons. The Hall–Kier alpha value is -2.52. The Morgan fingerprint density at radius 3 is 2.96 bits per heavy atom. The maximum absolute atomic E-state index is 12.0. The lowest BCUT2D eigenvalue weighted by molar-refractivity contribution is -0.144. The second-order valence-corrected chi connectivity index (χ2v) is 7.01. The van der Waals surface area contributed by atoms with E-state index in [1.807, 2.05) is 17.7 Å². The third-order valence-corrected chi connectivity index (χ3v) is 5.18. The molecule has 0 bridgehead atoms. The molecule has 0 radical (unpaired) electrons. The molecule has 0 aromatic carbocycles. The van der Waals surface area contributed by atoms with Gasteiger partial charge in [-0.15, -0.1) is 22.7 Å². The zero-order valence-corrected chi connectivity index (χ0v) is 15.0. The van der Waals surface area contributed by atoms with Crippen LogP contribution in [0.15, 0.2) is 33.8 Å². The normalized spacial score (nSPS) is 10.8. The summed E-state index contributed by atoms with van der Waals surface area (Å²) >= 11 is 2.69. The molecule has 9 heteroatoms. The predicted octanol–water partition coefficient (Wildman–Crippen LogP) is 1.99. The number of carbonyl (C=O) groups excluding carboxylic acids is 2. The molecule has 3 aromatic rings. The molecule has 0 aliphatic carbocycles. The number of carbonyl (C=O) groups is 2. The van der Waals surface area contributed by atoms with E-state index in [0.29, 0.717) is 15.5 Å². The highest BCUT2D eigenvalue weighted by molar-refractivity contribution is 7.15. The van der Waals surface area contributed by atoms with Crippen molar-refractivity contribution in [3.63, 3.8) is 0 Å². The number of esters is 1. The summed E-state index contributed by atoms with van der Waals surface area (Å²) in [6, 6.07) is 4.86. The summed E-state index contributed by atoms with van der Waals surface area (Å²) in [5.74, 6) is -0.674. The van der Waals surface area contributed by atoms with Crippen LogP contribution in [0.4, 0.5) is 0 Å². The van der Waals surface area contributed by atoms with E-state index in [2.05, 4.69) is 10.3 Å². The molecule has 0 atom stereocenters. The summed E-state index contributed by atoms with van der Waals surface area (Å²) in [6.07, 6.45) is 0.0520. The van der Waals surface area contributed by atoms with Gasteiger partial charge in [-0.1, -0.05) is 6.07 Å². The number of hydrogen-bond acceptors (Lipinski definition) is 7. The van der Waals surface area contributed by atoms with E-state index in [9.17, 15) is 14.4 Å². The summed E-state index contributed by atoms with van der Waals surface area (Å²) in [5, 5.41) is 6.31. The van der Waals surface area contributed by atoms with E-state index in [1.165, 1.54) is 33.1 Å². The van der Waals surface area contributed by atoms with Gasteiger partial charge in [0.2, 0.25) is 0 Å². The van der Waals surface area contributed by atoms with Crippen LogP contribution in [-0.2, 0) is 16.1 Å². The minimum absolute atomic E-state index is 0.0520. The summed E-state index contributed by atoms with van der Waals surface area (Å²) in [6.45, 7) is 1.95. The number of nitrogens with zero attached hydrogens (tertiary/aromatic N) is 2. The van der Waals surface area contributed by atoms with E-state index in [0.717, 1.165) is 5.69 Å². The van der Waals surface area contributed by atoms with Gasteiger partial charge in [-0.25, -0.2) is 4.98 Å². The summed E-state index contributed by atoms with van der Waals surface area (Å²) < 4.78 is 6.63. The first-order valence-electron chi connectivity index (χ1n) is 7.48. The zero-order valence-electron chi connectivity index (χ0n) is 13.4. The average Bonchev–Trinajstić information content (AvgIpc) is 3.23. The monoisotopic (exact) mass is 377 g/mol. The second kappa shape index (κ2) is 7.58. The molecule has 3 aromatic heterocycles. The molecule has 1 amide bonds. The Balaban J connectivity index is 1.49. The van der Waals surface area contributed by atoms with Gasteiger partial charge in [0.25, 0.3) is 11.5 Å². The van der Waals surface area contributed by atoms with Gasteiger partial charge in [0.15, 0.2) is 4.96 Å². The van der Waals surface area contributed by atoms with Gasteiger partial charge < -0.3 is 10.1 Å². The molecule has 0 aliphatic heterocycles. The lowest BCUT2D eigenvalue weighted by Crippen LogP contribution is -2.25. The van der Waals surface area contributed by atoms with Crippen LogP contribution in [0.5, 0.6) is 0 Å². The number of rotatable bonds is 6. The van der Waals surface area contributed by atoms with Gasteiger partial charge in [0.1, 0.15) is 6.61 Å². The first kappa shape index (κ1) is 17.3. The van der Waals surface area contributed by atoms with Gasteiger partial charge in [0, 0.05) is 23.7 Å². The van der Waals surface area contributed by atoms with Crippen molar-refractivity contribution < 1.29 is 14.3 Å². The number of nitrogens with one attached hydrogen (secondary N) is 1.